The fraction of sp³-hybridized carbons (Fsp3) is 0.385. The monoisotopic (exact) mass is 301 g/mol. The number of rotatable bonds is 8. The van der Waals surface area contributed by atoms with Gasteiger partial charge in [-0.1, -0.05) is 23.7 Å². The molecule has 0 saturated heterocycles. The highest BCUT2D eigenvalue weighted by Gasteiger charge is 2.21. The summed E-state index contributed by atoms with van der Waals surface area (Å²) in [5, 5.41) is 12.0. The van der Waals surface area contributed by atoms with Crippen LogP contribution in [0.15, 0.2) is 24.3 Å². The molecule has 0 heterocycles. The molecule has 1 unspecified atom stereocenters. The summed E-state index contributed by atoms with van der Waals surface area (Å²) in [6.07, 6.45) is 0. The van der Waals surface area contributed by atoms with Crippen molar-refractivity contribution < 1.29 is 24.2 Å². The van der Waals surface area contributed by atoms with Crippen LogP contribution >= 0.6 is 11.6 Å². The number of aliphatic carboxylic acids is 1. The molecule has 0 aliphatic carbocycles. The highest BCUT2D eigenvalue weighted by atomic mass is 35.5. The van der Waals surface area contributed by atoms with E-state index in [-0.39, 0.29) is 13.2 Å². The molecule has 0 aliphatic heterocycles. The number of nitrogens with one attached hydrogen (secondary N) is 1. The number of carboxylic acids is 1. The minimum atomic E-state index is -1.16. The lowest BCUT2D eigenvalue weighted by Gasteiger charge is -2.15. The fourth-order valence-corrected chi connectivity index (χ4v) is 1.58. The van der Waals surface area contributed by atoms with Gasteiger partial charge in [0.05, 0.1) is 13.2 Å². The van der Waals surface area contributed by atoms with Crippen LogP contribution in [0.3, 0.4) is 0 Å². The third-order valence-electron chi connectivity index (χ3n) is 2.42. The Balaban J connectivity index is 2.57. The van der Waals surface area contributed by atoms with E-state index in [0.29, 0.717) is 17.2 Å². The number of amides is 1. The van der Waals surface area contributed by atoms with E-state index < -0.39 is 17.9 Å². The van der Waals surface area contributed by atoms with Gasteiger partial charge in [0.2, 0.25) is 5.91 Å². The Morgan fingerprint density at radius 3 is 2.50 bits per heavy atom. The SMILES string of the molecule is COCCOCC(=O)NC(C(=O)O)c1ccc(Cl)cc1. The molecule has 7 heteroatoms. The number of hydrogen-bond donors (Lipinski definition) is 2. The van der Waals surface area contributed by atoms with Gasteiger partial charge in [0.15, 0.2) is 6.04 Å². The average Bonchev–Trinajstić information content (AvgIpc) is 2.42. The van der Waals surface area contributed by atoms with Gasteiger partial charge in [-0.3, -0.25) is 4.79 Å². The first-order valence-corrected chi connectivity index (χ1v) is 6.26. The van der Waals surface area contributed by atoms with Gasteiger partial charge in [-0.05, 0) is 17.7 Å². The summed E-state index contributed by atoms with van der Waals surface area (Å²) >= 11 is 5.73. The van der Waals surface area contributed by atoms with Crippen molar-refractivity contribution in [1.29, 1.82) is 0 Å². The molecule has 2 N–H and O–H groups in total. The van der Waals surface area contributed by atoms with Gasteiger partial charge in [0.1, 0.15) is 6.61 Å². The first-order valence-electron chi connectivity index (χ1n) is 5.89. The summed E-state index contributed by atoms with van der Waals surface area (Å²) in [5.74, 6) is -1.67. The van der Waals surface area contributed by atoms with Crippen LogP contribution in [0.5, 0.6) is 0 Å². The summed E-state index contributed by atoms with van der Waals surface area (Å²) in [5.41, 5.74) is 0.437. The number of methoxy groups -OCH3 is 1. The van der Waals surface area contributed by atoms with Gasteiger partial charge >= 0.3 is 5.97 Å². The molecule has 0 saturated carbocycles. The van der Waals surface area contributed by atoms with Crippen LogP contribution in [-0.4, -0.2) is 43.9 Å². The zero-order chi connectivity index (χ0) is 15.0. The minimum Gasteiger partial charge on any atom is -0.479 e. The number of benzene rings is 1. The molecule has 20 heavy (non-hydrogen) atoms. The lowest BCUT2D eigenvalue weighted by Crippen LogP contribution is -2.36. The third-order valence-corrected chi connectivity index (χ3v) is 2.67. The number of carboxylic acid groups (broad SMARTS) is 1. The second kappa shape index (κ2) is 8.52. The van der Waals surface area contributed by atoms with Gasteiger partial charge in [-0.25, -0.2) is 4.79 Å². The Bertz CT molecular complexity index is 449. The summed E-state index contributed by atoms with van der Waals surface area (Å²) in [7, 11) is 1.52. The molecule has 1 aromatic carbocycles. The topological polar surface area (TPSA) is 84.9 Å². The van der Waals surface area contributed by atoms with Crippen LogP contribution < -0.4 is 5.32 Å². The lowest BCUT2D eigenvalue weighted by atomic mass is 10.1. The van der Waals surface area contributed by atoms with Crippen molar-refractivity contribution in [3.63, 3.8) is 0 Å². The van der Waals surface area contributed by atoms with E-state index in [4.69, 9.17) is 26.2 Å². The molecule has 1 rings (SSSR count). The standard InChI is InChI=1S/C13H16ClNO5/c1-19-6-7-20-8-11(16)15-12(13(17)18)9-2-4-10(14)5-3-9/h2-5,12H,6-8H2,1H3,(H,15,16)(H,17,18). The van der Waals surface area contributed by atoms with E-state index in [9.17, 15) is 9.59 Å². The Morgan fingerprint density at radius 1 is 1.30 bits per heavy atom. The van der Waals surface area contributed by atoms with Gasteiger partial charge in [-0.2, -0.15) is 0 Å². The van der Waals surface area contributed by atoms with Crippen molar-refractivity contribution in [2.24, 2.45) is 0 Å². The molecule has 0 aliphatic rings. The maximum Gasteiger partial charge on any atom is 0.330 e. The van der Waals surface area contributed by atoms with Gasteiger partial charge in [-0.15, -0.1) is 0 Å². The zero-order valence-corrected chi connectivity index (χ0v) is 11.7. The summed E-state index contributed by atoms with van der Waals surface area (Å²) in [4.78, 5) is 22.8. The third kappa shape index (κ3) is 5.56. The van der Waals surface area contributed by atoms with Crippen LogP contribution in [0.25, 0.3) is 0 Å². The van der Waals surface area contributed by atoms with E-state index in [1.165, 1.54) is 7.11 Å². The Kier molecular flexibility index (Phi) is 7.00. The van der Waals surface area contributed by atoms with Gasteiger partial charge in [0, 0.05) is 12.1 Å². The maximum atomic E-state index is 11.6. The highest BCUT2D eigenvalue weighted by molar-refractivity contribution is 6.30. The summed E-state index contributed by atoms with van der Waals surface area (Å²) < 4.78 is 9.78. The van der Waals surface area contributed by atoms with E-state index in [0.717, 1.165) is 0 Å². The van der Waals surface area contributed by atoms with Crippen LogP contribution in [0.4, 0.5) is 0 Å². The van der Waals surface area contributed by atoms with Crippen LogP contribution in [-0.2, 0) is 19.1 Å². The van der Waals surface area contributed by atoms with Crippen LogP contribution in [0.2, 0.25) is 5.02 Å². The molecular formula is C13H16ClNO5. The van der Waals surface area contributed by atoms with Crippen molar-refractivity contribution in [2.75, 3.05) is 26.9 Å². The molecule has 1 amide bonds. The molecule has 0 radical (unpaired) electrons. The van der Waals surface area contributed by atoms with Crippen LogP contribution in [0, 0.1) is 0 Å². The highest BCUT2D eigenvalue weighted by Crippen LogP contribution is 2.16. The number of carbonyl (C=O) groups excluding carboxylic acids is 1. The molecule has 1 atom stereocenters. The molecule has 0 fully saturated rings. The Hall–Kier alpha value is -1.63. The number of hydrogen-bond acceptors (Lipinski definition) is 4. The van der Waals surface area contributed by atoms with Gasteiger partial charge in [0.25, 0.3) is 0 Å². The Morgan fingerprint density at radius 2 is 1.95 bits per heavy atom. The first kappa shape index (κ1) is 16.4. The van der Waals surface area contributed by atoms with Crippen molar-refractivity contribution in [3.8, 4) is 0 Å². The number of ether oxygens (including phenoxy) is 2. The van der Waals surface area contributed by atoms with E-state index in [1.54, 1.807) is 24.3 Å². The smallest absolute Gasteiger partial charge is 0.330 e. The molecule has 6 nitrogen and oxygen atoms in total. The van der Waals surface area contributed by atoms with E-state index in [2.05, 4.69) is 5.32 Å². The minimum absolute atomic E-state index is 0.221. The quantitative estimate of drug-likeness (QED) is 0.706. The van der Waals surface area contributed by atoms with Gasteiger partial charge < -0.3 is 19.9 Å². The molecular weight excluding hydrogens is 286 g/mol. The maximum absolute atomic E-state index is 11.6. The predicted molar refractivity (Wildman–Crippen MR) is 72.7 cm³/mol. The Labute approximate surface area is 121 Å². The molecule has 1 aromatic rings. The number of carbonyl (C=O) groups is 2. The fourth-order valence-electron chi connectivity index (χ4n) is 1.45. The molecule has 0 spiro atoms. The first-order chi connectivity index (χ1) is 9.54. The van der Waals surface area contributed by atoms with Crippen molar-refractivity contribution in [2.45, 2.75) is 6.04 Å². The van der Waals surface area contributed by atoms with E-state index >= 15 is 0 Å². The van der Waals surface area contributed by atoms with Crippen molar-refractivity contribution in [1.82, 2.24) is 5.32 Å². The summed E-state index contributed by atoms with van der Waals surface area (Å²) in [6, 6.07) is 5.09. The largest absolute Gasteiger partial charge is 0.479 e. The second-order valence-electron chi connectivity index (χ2n) is 3.94. The number of halogens is 1. The average molecular weight is 302 g/mol. The molecule has 0 bridgehead atoms. The van der Waals surface area contributed by atoms with E-state index in [1.807, 2.05) is 0 Å². The zero-order valence-electron chi connectivity index (χ0n) is 11.0. The second-order valence-corrected chi connectivity index (χ2v) is 4.37. The lowest BCUT2D eigenvalue weighted by molar-refractivity contribution is -0.142. The summed E-state index contributed by atoms with van der Waals surface area (Å²) in [6.45, 7) is 0.413. The molecule has 110 valence electrons. The predicted octanol–water partition coefficient (Wildman–Crippen LogP) is 1.24. The van der Waals surface area contributed by atoms with Crippen molar-refractivity contribution in [3.05, 3.63) is 34.9 Å². The van der Waals surface area contributed by atoms with Crippen LogP contribution in [0.1, 0.15) is 11.6 Å². The normalized spacial score (nSPS) is 11.9. The van der Waals surface area contributed by atoms with Crippen molar-refractivity contribution >= 4 is 23.5 Å². The molecule has 0 aromatic heterocycles.